The first-order valence-electron chi connectivity index (χ1n) is 10.3. The van der Waals surface area contributed by atoms with Crippen molar-refractivity contribution in [1.29, 1.82) is 0 Å². The first-order valence-corrected chi connectivity index (χ1v) is 11.3. The number of thiophene rings is 1. The third kappa shape index (κ3) is 4.34. The Hall–Kier alpha value is -2.75. The molecule has 0 radical (unpaired) electrons. The summed E-state index contributed by atoms with van der Waals surface area (Å²) in [7, 11) is 0. The molecule has 9 nitrogen and oxygen atoms in total. The van der Waals surface area contributed by atoms with Crippen molar-refractivity contribution in [3.63, 3.8) is 0 Å². The predicted octanol–water partition coefficient (Wildman–Crippen LogP) is 3.37. The smallest absolute Gasteiger partial charge is 0.326 e. The number of urea groups is 1. The highest BCUT2D eigenvalue weighted by atomic mass is 32.1. The third-order valence-corrected chi connectivity index (χ3v) is 6.88. The topological polar surface area (TPSA) is 115 Å². The highest BCUT2D eigenvalue weighted by molar-refractivity contribution is 7.08. The quantitative estimate of drug-likeness (QED) is 0.553. The van der Waals surface area contributed by atoms with Gasteiger partial charge in [0, 0.05) is 5.38 Å². The average Bonchev–Trinajstić information content (AvgIpc) is 3.44. The fraction of sp³-hybridized carbons (Fsp3) is 0.571. The van der Waals surface area contributed by atoms with Crippen molar-refractivity contribution in [1.82, 2.24) is 20.4 Å². The molecule has 1 spiro atoms. The van der Waals surface area contributed by atoms with E-state index in [9.17, 15) is 14.4 Å². The maximum absolute atomic E-state index is 13.0. The van der Waals surface area contributed by atoms with Crippen LogP contribution in [0.2, 0.25) is 0 Å². The maximum Gasteiger partial charge on any atom is 0.326 e. The molecule has 0 aromatic carbocycles. The molecule has 2 aromatic rings. The largest absolute Gasteiger partial charge is 0.456 e. The standard InChI is InChI=1S/C21H26N4O5S/c1-20(2,3)14-4-7-21(8-5-14)18(27)25(19(28)23-21)10-16(26)29-11-15-22-17(30-24-15)13-6-9-31-12-13/h6,9,12,14H,4-5,7-8,10-11H2,1-3H3,(H,23,28). The van der Waals surface area contributed by atoms with Gasteiger partial charge in [-0.25, -0.2) is 4.79 Å². The number of nitrogens with zero attached hydrogens (tertiary/aromatic N) is 3. The summed E-state index contributed by atoms with van der Waals surface area (Å²) < 4.78 is 10.3. The molecule has 1 saturated heterocycles. The highest BCUT2D eigenvalue weighted by Gasteiger charge is 2.53. The Morgan fingerprint density at radius 1 is 1.35 bits per heavy atom. The van der Waals surface area contributed by atoms with Crippen molar-refractivity contribution in [2.75, 3.05) is 6.54 Å². The van der Waals surface area contributed by atoms with Crippen LogP contribution in [0.1, 0.15) is 52.3 Å². The van der Waals surface area contributed by atoms with Gasteiger partial charge >= 0.3 is 12.0 Å². The summed E-state index contributed by atoms with van der Waals surface area (Å²) in [5, 5.41) is 10.4. The average molecular weight is 447 g/mol. The van der Waals surface area contributed by atoms with Crippen molar-refractivity contribution >= 4 is 29.2 Å². The van der Waals surface area contributed by atoms with Crippen molar-refractivity contribution in [3.8, 4) is 11.5 Å². The molecule has 1 N–H and O–H groups in total. The number of carbonyl (C=O) groups is 3. The van der Waals surface area contributed by atoms with Gasteiger partial charge in [0.05, 0.1) is 5.56 Å². The normalized spacial score (nSPS) is 24.0. The summed E-state index contributed by atoms with van der Waals surface area (Å²) in [6.07, 6.45) is 2.88. The first-order chi connectivity index (χ1) is 14.7. The van der Waals surface area contributed by atoms with Crippen LogP contribution in [0.25, 0.3) is 11.5 Å². The van der Waals surface area contributed by atoms with Crippen LogP contribution in [0.5, 0.6) is 0 Å². The second kappa shape index (κ2) is 8.07. The van der Waals surface area contributed by atoms with Crippen molar-refractivity contribution in [3.05, 3.63) is 22.7 Å². The Morgan fingerprint density at radius 3 is 2.74 bits per heavy atom. The van der Waals surface area contributed by atoms with Gasteiger partial charge in [0.25, 0.3) is 11.8 Å². The maximum atomic E-state index is 13.0. The van der Waals surface area contributed by atoms with Gasteiger partial charge in [-0.1, -0.05) is 25.9 Å². The molecule has 0 atom stereocenters. The Bertz CT molecular complexity index is 970. The molecule has 1 aliphatic carbocycles. The lowest BCUT2D eigenvalue weighted by atomic mass is 9.67. The van der Waals surface area contributed by atoms with E-state index >= 15 is 0 Å². The molecule has 2 aromatic heterocycles. The summed E-state index contributed by atoms with van der Waals surface area (Å²) in [4.78, 5) is 42.8. The molecular weight excluding hydrogens is 420 g/mol. The van der Waals surface area contributed by atoms with Gasteiger partial charge in [0.2, 0.25) is 5.82 Å². The van der Waals surface area contributed by atoms with Crippen LogP contribution in [0.3, 0.4) is 0 Å². The number of ether oxygens (including phenoxy) is 1. The lowest BCUT2D eigenvalue weighted by Gasteiger charge is -2.40. The molecule has 4 rings (SSSR count). The van der Waals surface area contributed by atoms with Crippen LogP contribution < -0.4 is 5.32 Å². The number of amides is 3. The monoisotopic (exact) mass is 446 g/mol. The van der Waals surface area contributed by atoms with E-state index in [1.54, 1.807) is 0 Å². The summed E-state index contributed by atoms with van der Waals surface area (Å²) in [5.41, 5.74) is 0.0538. The number of rotatable bonds is 5. The Kier molecular flexibility index (Phi) is 5.59. The number of hydrogen-bond acceptors (Lipinski definition) is 8. The molecule has 10 heteroatoms. The van der Waals surface area contributed by atoms with Crippen LogP contribution in [-0.4, -0.2) is 45.0 Å². The molecule has 1 aliphatic heterocycles. The van der Waals surface area contributed by atoms with Crippen molar-refractivity contribution < 1.29 is 23.6 Å². The summed E-state index contributed by atoms with van der Waals surface area (Å²) in [5.74, 6) is 0.000575. The lowest BCUT2D eigenvalue weighted by Crippen LogP contribution is -2.50. The molecule has 0 unspecified atom stereocenters. The van der Waals surface area contributed by atoms with E-state index in [1.807, 2.05) is 16.8 Å². The minimum Gasteiger partial charge on any atom is -0.456 e. The molecule has 3 amide bonds. The number of carbonyl (C=O) groups excluding carboxylic acids is 3. The molecule has 166 valence electrons. The van der Waals surface area contributed by atoms with Gasteiger partial charge in [0.15, 0.2) is 6.61 Å². The van der Waals surface area contributed by atoms with Gasteiger partial charge in [-0.2, -0.15) is 16.3 Å². The van der Waals surface area contributed by atoms with Gasteiger partial charge in [-0.3, -0.25) is 14.5 Å². The molecule has 1 saturated carbocycles. The second-order valence-electron chi connectivity index (χ2n) is 9.23. The highest BCUT2D eigenvalue weighted by Crippen LogP contribution is 2.43. The van der Waals surface area contributed by atoms with Crippen LogP contribution in [0.4, 0.5) is 4.79 Å². The Balaban J connectivity index is 1.31. The number of aromatic nitrogens is 2. The summed E-state index contributed by atoms with van der Waals surface area (Å²) in [6, 6.07) is 1.30. The minimum atomic E-state index is -0.901. The molecule has 2 aliphatic rings. The van der Waals surface area contributed by atoms with Gasteiger partial charge in [-0.15, -0.1) is 0 Å². The lowest BCUT2D eigenvalue weighted by molar-refractivity contribution is -0.149. The van der Waals surface area contributed by atoms with Crippen LogP contribution >= 0.6 is 11.3 Å². The Labute approximate surface area is 184 Å². The second-order valence-corrected chi connectivity index (χ2v) is 10.0. The molecular formula is C21H26N4O5S. The van der Waals surface area contributed by atoms with E-state index in [1.165, 1.54) is 11.3 Å². The van der Waals surface area contributed by atoms with Gasteiger partial charge in [0.1, 0.15) is 12.1 Å². The number of nitrogens with one attached hydrogen (secondary N) is 1. The minimum absolute atomic E-state index is 0.162. The fourth-order valence-corrected chi connectivity index (χ4v) is 4.90. The number of hydrogen-bond donors (Lipinski definition) is 1. The fourth-order valence-electron chi connectivity index (χ4n) is 4.27. The Morgan fingerprint density at radius 2 is 2.10 bits per heavy atom. The SMILES string of the molecule is CC(C)(C)C1CCC2(CC1)NC(=O)N(CC(=O)OCc1noc(-c3ccsc3)n1)C2=O. The molecule has 31 heavy (non-hydrogen) atoms. The predicted molar refractivity (Wildman–Crippen MR) is 112 cm³/mol. The van der Waals surface area contributed by atoms with E-state index in [2.05, 4.69) is 36.2 Å². The molecule has 3 heterocycles. The van der Waals surface area contributed by atoms with Crippen LogP contribution in [-0.2, 0) is 20.9 Å². The summed E-state index contributed by atoms with van der Waals surface area (Å²) >= 11 is 1.50. The van der Waals surface area contributed by atoms with Crippen LogP contribution in [0, 0.1) is 11.3 Å². The summed E-state index contributed by atoms with van der Waals surface area (Å²) in [6.45, 7) is 5.94. The number of esters is 1. The molecule has 2 fully saturated rings. The zero-order valence-corrected chi connectivity index (χ0v) is 18.7. The zero-order chi connectivity index (χ0) is 22.2. The van der Waals surface area contributed by atoms with Crippen LogP contribution in [0.15, 0.2) is 21.3 Å². The first kappa shape index (κ1) is 21.5. The van der Waals surface area contributed by atoms with E-state index < -0.39 is 24.1 Å². The van der Waals surface area contributed by atoms with Crippen molar-refractivity contribution in [2.45, 2.75) is 58.6 Å². The number of imide groups is 1. The van der Waals surface area contributed by atoms with Gasteiger partial charge < -0.3 is 14.6 Å². The van der Waals surface area contributed by atoms with E-state index in [0.717, 1.165) is 23.3 Å². The van der Waals surface area contributed by atoms with E-state index in [-0.39, 0.29) is 23.8 Å². The van der Waals surface area contributed by atoms with Crippen molar-refractivity contribution in [2.24, 2.45) is 11.3 Å². The molecule has 0 bridgehead atoms. The third-order valence-electron chi connectivity index (χ3n) is 6.20. The van der Waals surface area contributed by atoms with Gasteiger partial charge in [-0.05, 0) is 48.5 Å². The van der Waals surface area contributed by atoms with E-state index in [4.69, 9.17) is 9.26 Å². The zero-order valence-electron chi connectivity index (χ0n) is 17.8. The van der Waals surface area contributed by atoms with E-state index in [0.29, 0.717) is 24.7 Å².